The van der Waals surface area contributed by atoms with Gasteiger partial charge in [-0.3, -0.25) is 4.79 Å². The molecule has 0 bridgehead atoms. The van der Waals surface area contributed by atoms with Crippen LogP contribution in [0.4, 0.5) is 4.39 Å². The zero-order valence-electron chi connectivity index (χ0n) is 20.7. The average molecular weight is 506 g/mol. The lowest BCUT2D eigenvalue weighted by Crippen LogP contribution is -2.38. The van der Waals surface area contributed by atoms with E-state index >= 15 is 0 Å². The first-order valence-corrected chi connectivity index (χ1v) is 14.3. The van der Waals surface area contributed by atoms with Gasteiger partial charge in [0.1, 0.15) is 5.82 Å². The smallest absolute Gasteiger partial charge is 0.228 e. The van der Waals surface area contributed by atoms with Gasteiger partial charge in [0.15, 0.2) is 0 Å². The Balaban J connectivity index is 1.63. The Kier molecular flexibility index (Phi) is 8.27. The zero-order chi connectivity index (χ0) is 25.0. The van der Waals surface area contributed by atoms with Crippen molar-refractivity contribution in [1.82, 2.24) is 14.5 Å². The summed E-state index contributed by atoms with van der Waals surface area (Å²) in [7, 11) is -3.80. The van der Waals surface area contributed by atoms with Gasteiger partial charge >= 0.3 is 0 Å². The number of carbonyl (C=O) groups excluding carboxylic acids is 1. The molecule has 192 valence electrons. The van der Waals surface area contributed by atoms with Crippen molar-refractivity contribution in [1.29, 1.82) is 0 Å². The normalized spacial score (nSPS) is 19.0. The molecular weight excluding hydrogens is 469 g/mol. The van der Waals surface area contributed by atoms with E-state index in [1.165, 1.54) is 24.3 Å². The van der Waals surface area contributed by atoms with Crippen molar-refractivity contribution in [2.24, 2.45) is 11.8 Å². The molecule has 4 rings (SSSR count). The summed E-state index contributed by atoms with van der Waals surface area (Å²) in [6.07, 6.45) is 7.27. The third-order valence-corrected chi connectivity index (χ3v) is 8.41. The number of carbonyl (C=O) groups is 1. The van der Waals surface area contributed by atoms with Gasteiger partial charge in [0.25, 0.3) is 0 Å². The number of amides is 1. The predicted octanol–water partition coefficient (Wildman–Crippen LogP) is 4.35. The maximum absolute atomic E-state index is 13.4. The Morgan fingerprint density at radius 3 is 2.51 bits per heavy atom. The summed E-state index contributed by atoms with van der Waals surface area (Å²) >= 11 is 0. The van der Waals surface area contributed by atoms with Crippen LogP contribution in [0.2, 0.25) is 0 Å². The minimum Gasteiger partial charge on any atom is -0.376 e. The van der Waals surface area contributed by atoms with Crippen LogP contribution in [0.5, 0.6) is 0 Å². The Bertz CT molecular complexity index is 1100. The standard InChI is InChI=1S/C26H36FN3O4S/c1-19(2)15-29(25(31)21-6-3-4-7-21)16-23-14-28-26(30(23)17-24-8-5-13-34-24)35(32,33)18-20-9-11-22(27)12-10-20/h9-12,14,19,21,24H,3-8,13,15-18H2,1-2H3/t24-/m0/s1. The topological polar surface area (TPSA) is 81.5 Å². The molecule has 1 amide bonds. The molecule has 35 heavy (non-hydrogen) atoms. The Morgan fingerprint density at radius 2 is 1.89 bits per heavy atom. The van der Waals surface area contributed by atoms with Gasteiger partial charge in [0, 0.05) is 19.1 Å². The average Bonchev–Trinajstić information content (AvgIpc) is 3.57. The maximum atomic E-state index is 13.4. The van der Waals surface area contributed by atoms with Gasteiger partial charge in [-0.15, -0.1) is 0 Å². The molecule has 1 saturated heterocycles. The molecule has 1 atom stereocenters. The van der Waals surface area contributed by atoms with Crippen molar-refractivity contribution in [2.45, 2.75) is 82.5 Å². The lowest BCUT2D eigenvalue weighted by Gasteiger charge is -2.28. The fraction of sp³-hybridized carbons (Fsp3) is 0.615. The molecule has 1 saturated carbocycles. The molecule has 1 aliphatic heterocycles. The lowest BCUT2D eigenvalue weighted by molar-refractivity contribution is -0.136. The van der Waals surface area contributed by atoms with Gasteiger partial charge in [0.05, 0.1) is 36.8 Å². The van der Waals surface area contributed by atoms with Crippen LogP contribution in [0.15, 0.2) is 35.6 Å². The molecule has 1 aromatic heterocycles. The summed E-state index contributed by atoms with van der Waals surface area (Å²) in [5, 5.41) is -0.0230. The molecule has 9 heteroatoms. The molecular formula is C26H36FN3O4S. The van der Waals surface area contributed by atoms with Crippen molar-refractivity contribution < 1.29 is 22.3 Å². The van der Waals surface area contributed by atoms with Crippen molar-refractivity contribution in [3.8, 4) is 0 Å². The second-order valence-corrected chi connectivity index (χ2v) is 12.1. The minimum absolute atomic E-state index is 0.0230. The zero-order valence-corrected chi connectivity index (χ0v) is 21.5. The highest BCUT2D eigenvalue weighted by Gasteiger charge is 2.31. The number of benzene rings is 1. The van der Waals surface area contributed by atoms with Crippen molar-refractivity contribution in [2.75, 3.05) is 13.2 Å². The van der Waals surface area contributed by atoms with E-state index in [0.717, 1.165) is 38.5 Å². The van der Waals surface area contributed by atoms with E-state index < -0.39 is 15.7 Å². The summed E-state index contributed by atoms with van der Waals surface area (Å²) in [5.41, 5.74) is 1.20. The van der Waals surface area contributed by atoms with Gasteiger partial charge < -0.3 is 14.2 Å². The lowest BCUT2D eigenvalue weighted by atomic mass is 10.1. The molecule has 1 aromatic carbocycles. The van der Waals surface area contributed by atoms with Crippen LogP contribution in [0, 0.1) is 17.7 Å². The fourth-order valence-electron chi connectivity index (χ4n) is 5.12. The van der Waals surface area contributed by atoms with Crippen LogP contribution in [0.1, 0.15) is 63.6 Å². The van der Waals surface area contributed by atoms with Crippen LogP contribution >= 0.6 is 0 Å². The summed E-state index contributed by atoms with van der Waals surface area (Å²) in [4.78, 5) is 19.6. The number of ether oxygens (including phenoxy) is 1. The molecule has 0 radical (unpaired) electrons. The van der Waals surface area contributed by atoms with Gasteiger partial charge in [0.2, 0.25) is 20.9 Å². The second kappa shape index (κ2) is 11.2. The van der Waals surface area contributed by atoms with E-state index in [4.69, 9.17) is 4.74 Å². The molecule has 2 aromatic rings. The van der Waals surface area contributed by atoms with Gasteiger partial charge in [-0.05, 0) is 49.3 Å². The SMILES string of the molecule is CC(C)CN(Cc1cnc(S(=O)(=O)Cc2ccc(F)cc2)n1C[C@@H]1CCCO1)C(=O)C1CCCC1. The number of halogens is 1. The predicted molar refractivity (Wildman–Crippen MR) is 131 cm³/mol. The highest BCUT2D eigenvalue weighted by Crippen LogP contribution is 2.28. The number of sulfone groups is 1. The van der Waals surface area contributed by atoms with E-state index in [9.17, 15) is 17.6 Å². The van der Waals surface area contributed by atoms with E-state index in [1.54, 1.807) is 10.8 Å². The van der Waals surface area contributed by atoms with E-state index in [1.807, 2.05) is 4.90 Å². The van der Waals surface area contributed by atoms with E-state index in [-0.39, 0.29) is 34.8 Å². The second-order valence-electron chi connectivity index (χ2n) is 10.3. The number of imidazole rings is 1. The largest absolute Gasteiger partial charge is 0.376 e. The van der Waals surface area contributed by atoms with Gasteiger partial charge in [-0.25, -0.2) is 17.8 Å². The highest BCUT2D eigenvalue weighted by atomic mass is 32.2. The number of hydrogen-bond acceptors (Lipinski definition) is 5. The molecule has 2 heterocycles. The first-order valence-electron chi connectivity index (χ1n) is 12.6. The summed E-state index contributed by atoms with van der Waals surface area (Å²) < 4.78 is 47.7. The number of nitrogens with zero attached hydrogens (tertiary/aromatic N) is 3. The summed E-state index contributed by atoms with van der Waals surface area (Å²) in [6.45, 7) is 6.12. The first kappa shape index (κ1) is 25.8. The Hall–Kier alpha value is -2.26. The monoisotopic (exact) mass is 505 g/mol. The molecule has 0 spiro atoms. The molecule has 2 aliphatic rings. The van der Waals surface area contributed by atoms with E-state index in [0.29, 0.717) is 37.5 Å². The fourth-order valence-corrected chi connectivity index (χ4v) is 6.62. The van der Waals surface area contributed by atoms with Gasteiger partial charge in [-0.1, -0.05) is 38.8 Å². The molecule has 1 aliphatic carbocycles. The highest BCUT2D eigenvalue weighted by molar-refractivity contribution is 7.90. The molecule has 0 N–H and O–H groups in total. The summed E-state index contributed by atoms with van der Waals surface area (Å²) in [6, 6.07) is 5.47. The van der Waals surface area contributed by atoms with Crippen molar-refractivity contribution >= 4 is 15.7 Å². The Labute approximate surface area is 207 Å². The summed E-state index contributed by atoms with van der Waals surface area (Å²) in [5.74, 6) is -0.199. The van der Waals surface area contributed by atoms with Crippen molar-refractivity contribution in [3.63, 3.8) is 0 Å². The van der Waals surface area contributed by atoms with Gasteiger partial charge in [-0.2, -0.15) is 0 Å². The minimum atomic E-state index is -3.80. The molecule has 7 nitrogen and oxygen atoms in total. The Morgan fingerprint density at radius 1 is 1.17 bits per heavy atom. The van der Waals surface area contributed by atoms with E-state index in [2.05, 4.69) is 18.8 Å². The van der Waals surface area contributed by atoms with Crippen LogP contribution < -0.4 is 0 Å². The van der Waals surface area contributed by atoms with Crippen LogP contribution in [0.25, 0.3) is 0 Å². The molecule has 2 fully saturated rings. The van der Waals surface area contributed by atoms with Crippen LogP contribution in [0.3, 0.4) is 0 Å². The maximum Gasteiger partial charge on any atom is 0.228 e. The molecule has 0 unspecified atom stereocenters. The van der Waals surface area contributed by atoms with Crippen molar-refractivity contribution in [3.05, 3.63) is 47.5 Å². The number of rotatable bonds is 10. The third kappa shape index (κ3) is 6.50. The number of hydrogen-bond donors (Lipinski definition) is 0. The number of aromatic nitrogens is 2. The van der Waals surface area contributed by atoms with Crippen LogP contribution in [-0.2, 0) is 38.2 Å². The first-order chi connectivity index (χ1) is 16.7. The third-order valence-electron chi connectivity index (χ3n) is 6.81. The quantitative estimate of drug-likeness (QED) is 0.480. The van der Waals surface area contributed by atoms with Crippen LogP contribution in [-0.4, -0.2) is 48.0 Å².